The van der Waals surface area contributed by atoms with Crippen LogP contribution in [0.15, 0.2) is 66.7 Å². The van der Waals surface area contributed by atoms with Crippen LogP contribution >= 0.6 is 11.6 Å². The molecule has 1 unspecified atom stereocenters. The Balaban J connectivity index is 1.08. The van der Waals surface area contributed by atoms with Gasteiger partial charge in [0.1, 0.15) is 0 Å². The van der Waals surface area contributed by atoms with Gasteiger partial charge >= 0.3 is 0 Å². The van der Waals surface area contributed by atoms with Crippen LogP contribution in [0.4, 0.5) is 0 Å². The number of nitrogens with zero attached hydrogens (tertiary/aromatic N) is 3. The Morgan fingerprint density at radius 3 is 2.55 bits per heavy atom. The predicted molar refractivity (Wildman–Crippen MR) is 155 cm³/mol. The van der Waals surface area contributed by atoms with E-state index in [1.165, 1.54) is 5.56 Å². The zero-order valence-electron chi connectivity index (χ0n) is 22.5. The number of hydrogen-bond acceptors (Lipinski definition) is 4. The van der Waals surface area contributed by atoms with Gasteiger partial charge in [-0.2, -0.15) is 5.26 Å². The van der Waals surface area contributed by atoms with Gasteiger partial charge in [-0.15, -0.1) is 0 Å². The van der Waals surface area contributed by atoms with Crippen LogP contribution in [-0.2, 0) is 13.0 Å². The molecule has 3 aliphatic rings. The molecule has 0 radical (unpaired) electrons. The van der Waals surface area contributed by atoms with Crippen LogP contribution in [0, 0.1) is 16.7 Å². The summed E-state index contributed by atoms with van der Waals surface area (Å²) < 4.78 is 0. The minimum absolute atomic E-state index is 0.0770. The van der Waals surface area contributed by atoms with Gasteiger partial charge in [0.2, 0.25) is 0 Å². The second-order valence-electron chi connectivity index (χ2n) is 11.5. The summed E-state index contributed by atoms with van der Waals surface area (Å²) >= 11 is 6.24. The van der Waals surface area contributed by atoms with Gasteiger partial charge in [-0.3, -0.25) is 14.5 Å². The van der Waals surface area contributed by atoms with Crippen molar-refractivity contribution < 1.29 is 9.59 Å². The summed E-state index contributed by atoms with van der Waals surface area (Å²) in [6.07, 6.45) is 4.84. The van der Waals surface area contributed by atoms with Crippen molar-refractivity contribution in [1.29, 1.82) is 5.26 Å². The average molecular weight is 553 g/mol. The number of benzene rings is 3. The van der Waals surface area contributed by atoms with Gasteiger partial charge in [-0.05, 0) is 97.6 Å². The molecule has 0 bridgehead atoms. The molecule has 2 saturated heterocycles. The Morgan fingerprint density at radius 1 is 1.00 bits per heavy atom. The van der Waals surface area contributed by atoms with Crippen LogP contribution in [0.5, 0.6) is 0 Å². The standard InChI is InChI=1S/C33H33ClN4O2/c34-29-8-4-3-7-27(29)31(39)36-30-12-11-23-9-10-24(19-28(23)30)32(40)38-18-15-33(22-38)13-16-37(17-14-33)21-26-6-2-1-5-25(26)20-35/h1-10,19,30H,11-18,21-22H2,(H,36,39). The van der Waals surface area contributed by atoms with Crippen molar-refractivity contribution in [3.63, 3.8) is 0 Å². The number of nitrogens with one attached hydrogen (secondary N) is 1. The first kappa shape index (κ1) is 26.6. The first-order valence-corrected chi connectivity index (χ1v) is 14.5. The number of amides is 2. The van der Waals surface area contributed by atoms with Gasteiger partial charge < -0.3 is 10.2 Å². The lowest BCUT2D eigenvalue weighted by atomic mass is 9.77. The molecule has 1 aliphatic carbocycles. The van der Waals surface area contributed by atoms with Crippen molar-refractivity contribution in [3.05, 3.63) is 105 Å². The summed E-state index contributed by atoms with van der Waals surface area (Å²) in [5, 5.41) is 13.0. The molecular weight excluding hydrogens is 520 g/mol. The summed E-state index contributed by atoms with van der Waals surface area (Å²) in [4.78, 5) is 31.0. The highest BCUT2D eigenvalue weighted by Gasteiger charge is 2.42. The van der Waals surface area contributed by atoms with E-state index in [-0.39, 0.29) is 23.3 Å². The first-order chi connectivity index (χ1) is 19.4. The van der Waals surface area contributed by atoms with Crippen LogP contribution in [0.1, 0.15) is 74.7 Å². The molecule has 2 heterocycles. The largest absolute Gasteiger partial charge is 0.345 e. The third kappa shape index (κ3) is 5.24. The van der Waals surface area contributed by atoms with Crippen LogP contribution in [-0.4, -0.2) is 47.8 Å². The van der Waals surface area contributed by atoms with Crippen LogP contribution in [0.25, 0.3) is 0 Å². The summed E-state index contributed by atoms with van der Waals surface area (Å²) in [5.74, 6) is -0.114. The molecule has 2 aliphatic heterocycles. The fourth-order valence-electron chi connectivity index (χ4n) is 6.66. The van der Waals surface area contributed by atoms with Gasteiger partial charge in [0.25, 0.3) is 11.8 Å². The second kappa shape index (κ2) is 11.1. The van der Waals surface area contributed by atoms with E-state index in [1.807, 2.05) is 53.4 Å². The van der Waals surface area contributed by atoms with E-state index >= 15 is 0 Å². The molecule has 0 aromatic heterocycles. The van der Waals surface area contributed by atoms with E-state index in [0.29, 0.717) is 16.1 Å². The van der Waals surface area contributed by atoms with E-state index in [1.54, 1.807) is 18.2 Å². The molecule has 204 valence electrons. The summed E-state index contributed by atoms with van der Waals surface area (Å²) in [6, 6.07) is 23.1. The van der Waals surface area contributed by atoms with Crippen LogP contribution in [0.2, 0.25) is 5.02 Å². The van der Waals surface area contributed by atoms with E-state index in [9.17, 15) is 14.9 Å². The molecule has 0 saturated carbocycles. The van der Waals surface area contributed by atoms with E-state index in [2.05, 4.69) is 16.3 Å². The topological polar surface area (TPSA) is 76.4 Å². The Labute approximate surface area is 240 Å². The number of rotatable bonds is 5. The number of halogens is 1. The van der Waals surface area contributed by atoms with Gasteiger partial charge in [0.05, 0.1) is 28.3 Å². The molecular formula is C33H33ClN4O2. The smallest absolute Gasteiger partial charge is 0.253 e. The van der Waals surface area contributed by atoms with Crippen molar-refractivity contribution in [1.82, 2.24) is 15.1 Å². The number of piperidine rings is 1. The molecule has 2 fully saturated rings. The molecule has 1 spiro atoms. The first-order valence-electron chi connectivity index (χ1n) is 14.1. The Bertz CT molecular complexity index is 1490. The summed E-state index contributed by atoms with van der Waals surface area (Å²) in [5.41, 5.74) is 5.38. The normalized spacial score (nSPS) is 19.8. The minimum atomic E-state index is -0.191. The number of carbonyl (C=O) groups excluding carboxylic acids is 2. The monoisotopic (exact) mass is 552 g/mol. The van der Waals surface area contributed by atoms with Gasteiger partial charge in [0, 0.05) is 25.2 Å². The van der Waals surface area contributed by atoms with Crippen LogP contribution < -0.4 is 5.32 Å². The van der Waals surface area contributed by atoms with Gasteiger partial charge in [-0.25, -0.2) is 0 Å². The lowest BCUT2D eigenvalue weighted by Gasteiger charge is -2.39. The number of carbonyl (C=O) groups is 2. The fourth-order valence-corrected chi connectivity index (χ4v) is 6.88. The maximum Gasteiger partial charge on any atom is 0.253 e. The van der Waals surface area contributed by atoms with Crippen molar-refractivity contribution in [2.24, 2.45) is 5.41 Å². The summed E-state index contributed by atoms with van der Waals surface area (Å²) in [6.45, 7) is 4.32. The van der Waals surface area contributed by atoms with Gasteiger partial charge in [0.15, 0.2) is 0 Å². The maximum absolute atomic E-state index is 13.6. The molecule has 1 atom stereocenters. The lowest BCUT2D eigenvalue weighted by Crippen LogP contribution is -2.42. The number of nitriles is 1. The fraction of sp³-hybridized carbons (Fsp3) is 0.364. The molecule has 7 heteroatoms. The molecule has 2 amide bonds. The third-order valence-corrected chi connectivity index (χ3v) is 9.40. The van der Waals surface area contributed by atoms with Crippen molar-refractivity contribution >= 4 is 23.4 Å². The Hall–Kier alpha value is -3.66. The molecule has 40 heavy (non-hydrogen) atoms. The zero-order chi connectivity index (χ0) is 27.7. The van der Waals surface area contributed by atoms with E-state index in [0.717, 1.165) is 81.5 Å². The van der Waals surface area contributed by atoms with Gasteiger partial charge in [-0.1, -0.05) is 48.0 Å². The Morgan fingerprint density at radius 2 is 1.75 bits per heavy atom. The molecule has 1 N–H and O–H groups in total. The third-order valence-electron chi connectivity index (χ3n) is 9.07. The molecule has 6 nitrogen and oxygen atoms in total. The summed E-state index contributed by atoms with van der Waals surface area (Å²) in [7, 11) is 0. The quantitative estimate of drug-likeness (QED) is 0.437. The Kier molecular flexibility index (Phi) is 7.35. The number of hydrogen-bond donors (Lipinski definition) is 1. The van der Waals surface area contributed by atoms with E-state index in [4.69, 9.17) is 11.6 Å². The maximum atomic E-state index is 13.6. The van der Waals surface area contributed by atoms with Crippen molar-refractivity contribution in [2.45, 2.75) is 44.7 Å². The van der Waals surface area contributed by atoms with E-state index < -0.39 is 0 Å². The highest BCUT2D eigenvalue weighted by Crippen LogP contribution is 2.41. The number of aryl methyl sites for hydroxylation is 1. The lowest BCUT2D eigenvalue weighted by molar-refractivity contribution is 0.0713. The highest BCUT2D eigenvalue weighted by molar-refractivity contribution is 6.33. The van der Waals surface area contributed by atoms with Crippen molar-refractivity contribution in [3.8, 4) is 6.07 Å². The molecule has 6 rings (SSSR count). The second-order valence-corrected chi connectivity index (χ2v) is 11.9. The number of likely N-dealkylation sites (tertiary alicyclic amines) is 2. The predicted octanol–water partition coefficient (Wildman–Crippen LogP) is 5.76. The van der Waals surface area contributed by atoms with Crippen LogP contribution in [0.3, 0.4) is 0 Å². The SMILES string of the molecule is N#Cc1ccccc1CN1CCC2(CC1)CCN(C(=O)c1ccc3c(c1)C(NC(=O)c1ccccc1Cl)CC3)C2. The van der Waals surface area contributed by atoms with Crippen molar-refractivity contribution in [2.75, 3.05) is 26.2 Å². The number of fused-ring (bicyclic) bond motifs is 1. The zero-order valence-corrected chi connectivity index (χ0v) is 23.3. The average Bonchev–Trinajstić information content (AvgIpc) is 3.58. The molecule has 3 aromatic carbocycles. The highest BCUT2D eigenvalue weighted by atomic mass is 35.5. The minimum Gasteiger partial charge on any atom is -0.345 e. The molecule has 3 aromatic rings.